The number of carbonyl (C=O) groups excluding carboxylic acids is 1. The molecule has 0 unspecified atom stereocenters. The molecule has 0 bridgehead atoms. The van der Waals surface area contributed by atoms with Crippen LogP contribution in [0.25, 0.3) is 5.69 Å². The number of hydrogen-bond donors (Lipinski definition) is 2. The Morgan fingerprint density at radius 2 is 1.93 bits per heavy atom. The Morgan fingerprint density at radius 3 is 2.71 bits per heavy atom. The quantitative estimate of drug-likeness (QED) is 0.629. The highest BCUT2D eigenvalue weighted by Gasteiger charge is 2.20. The van der Waals surface area contributed by atoms with Gasteiger partial charge in [-0.05, 0) is 53.7 Å². The highest BCUT2D eigenvalue weighted by molar-refractivity contribution is 8.00. The summed E-state index contributed by atoms with van der Waals surface area (Å²) in [7, 11) is 0. The van der Waals surface area contributed by atoms with Gasteiger partial charge in [0, 0.05) is 11.8 Å². The SMILES string of the molecule is C[C@H](Sc1nnnn1-c1ccc(O)cc1)C(=O)Nc1ccc2c(c1)OCCO2. The van der Waals surface area contributed by atoms with Crippen molar-refractivity contribution in [2.75, 3.05) is 18.5 Å². The van der Waals surface area contributed by atoms with Crippen molar-refractivity contribution in [3.63, 3.8) is 0 Å². The van der Waals surface area contributed by atoms with Crippen molar-refractivity contribution in [2.45, 2.75) is 17.3 Å². The lowest BCUT2D eigenvalue weighted by Gasteiger charge is -2.19. The van der Waals surface area contributed by atoms with E-state index in [2.05, 4.69) is 20.8 Å². The molecule has 0 saturated heterocycles. The predicted octanol–water partition coefficient (Wildman–Crippen LogP) is 2.26. The zero-order chi connectivity index (χ0) is 19.5. The van der Waals surface area contributed by atoms with E-state index in [0.717, 1.165) is 0 Å². The molecule has 3 aromatic rings. The maximum Gasteiger partial charge on any atom is 0.237 e. The number of tetrazole rings is 1. The smallest absolute Gasteiger partial charge is 0.237 e. The van der Waals surface area contributed by atoms with Gasteiger partial charge in [-0.25, -0.2) is 0 Å². The fourth-order valence-electron chi connectivity index (χ4n) is 2.58. The number of anilines is 1. The molecule has 1 aliphatic rings. The van der Waals surface area contributed by atoms with Crippen LogP contribution in [0.3, 0.4) is 0 Å². The number of amides is 1. The number of aromatic hydroxyl groups is 1. The lowest BCUT2D eigenvalue weighted by Crippen LogP contribution is -2.23. The fraction of sp³-hybridized carbons (Fsp3) is 0.222. The molecule has 2 N–H and O–H groups in total. The van der Waals surface area contributed by atoms with E-state index in [1.54, 1.807) is 49.4 Å². The van der Waals surface area contributed by atoms with Gasteiger partial charge >= 0.3 is 0 Å². The minimum absolute atomic E-state index is 0.151. The third-order valence-corrected chi connectivity index (χ3v) is 5.03. The number of phenols is 1. The van der Waals surface area contributed by atoms with Crippen LogP contribution in [-0.4, -0.2) is 49.7 Å². The van der Waals surface area contributed by atoms with Crippen molar-refractivity contribution in [3.8, 4) is 22.9 Å². The molecule has 2 aromatic carbocycles. The van der Waals surface area contributed by atoms with Gasteiger partial charge in [0.25, 0.3) is 0 Å². The van der Waals surface area contributed by atoms with Crippen LogP contribution >= 0.6 is 11.8 Å². The maximum atomic E-state index is 12.6. The number of nitrogens with one attached hydrogen (secondary N) is 1. The summed E-state index contributed by atoms with van der Waals surface area (Å²) in [5, 5.41) is 23.9. The van der Waals surface area contributed by atoms with Crippen molar-refractivity contribution >= 4 is 23.4 Å². The molecule has 0 aliphatic carbocycles. The van der Waals surface area contributed by atoms with Crippen molar-refractivity contribution in [1.29, 1.82) is 0 Å². The minimum atomic E-state index is -0.449. The lowest BCUT2D eigenvalue weighted by molar-refractivity contribution is -0.115. The molecule has 1 amide bonds. The largest absolute Gasteiger partial charge is 0.508 e. The number of ether oxygens (including phenoxy) is 2. The van der Waals surface area contributed by atoms with Crippen LogP contribution in [0.15, 0.2) is 47.6 Å². The van der Waals surface area contributed by atoms with Crippen LogP contribution in [0.5, 0.6) is 17.2 Å². The molecule has 9 nitrogen and oxygen atoms in total. The lowest BCUT2D eigenvalue weighted by atomic mass is 10.2. The van der Waals surface area contributed by atoms with Gasteiger partial charge in [-0.3, -0.25) is 4.79 Å². The van der Waals surface area contributed by atoms with E-state index in [4.69, 9.17) is 9.47 Å². The monoisotopic (exact) mass is 399 g/mol. The molecule has 0 saturated carbocycles. The normalized spacial score (nSPS) is 13.8. The van der Waals surface area contributed by atoms with Crippen LogP contribution in [0, 0.1) is 0 Å². The number of rotatable bonds is 5. The zero-order valence-corrected chi connectivity index (χ0v) is 15.7. The summed E-state index contributed by atoms with van der Waals surface area (Å²) in [5.41, 5.74) is 1.31. The second-order valence-corrected chi connectivity index (χ2v) is 7.31. The number of aromatic nitrogens is 4. The highest BCUT2D eigenvalue weighted by atomic mass is 32.2. The van der Waals surface area contributed by atoms with Gasteiger partial charge in [-0.2, -0.15) is 4.68 Å². The average Bonchev–Trinajstić information content (AvgIpc) is 3.16. The Balaban J connectivity index is 1.44. The molecule has 1 atom stereocenters. The number of thioether (sulfide) groups is 1. The van der Waals surface area contributed by atoms with Crippen molar-refractivity contribution in [3.05, 3.63) is 42.5 Å². The van der Waals surface area contributed by atoms with Crippen molar-refractivity contribution in [2.24, 2.45) is 0 Å². The first-order valence-corrected chi connectivity index (χ1v) is 9.43. The number of carbonyl (C=O) groups is 1. The molecule has 1 aromatic heterocycles. The second-order valence-electron chi connectivity index (χ2n) is 6.00. The molecule has 0 spiro atoms. The van der Waals surface area contributed by atoms with Gasteiger partial charge in [0.15, 0.2) is 11.5 Å². The van der Waals surface area contributed by atoms with Crippen LogP contribution < -0.4 is 14.8 Å². The van der Waals surface area contributed by atoms with Crippen LogP contribution in [0.2, 0.25) is 0 Å². The van der Waals surface area contributed by atoms with Gasteiger partial charge in [0.2, 0.25) is 11.1 Å². The van der Waals surface area contributed by atoms with E-state index in [9.17, 15) is 9.90 Å². The van der Waals surface area contributed by atoms with Gasteiger partial charge in [-0.15, -0.1) is 5.10 Å². The Morgan fingerprint density at radius 1 is 1.18 bits per heavy atom. The number of phenolic OH excluding ortho intramolecular Hbond substituents is 1. The maximum absolute atomic E-state index is 12.6. The number of hydrogen-bond acceptors (Lipinski definition) is 8. The molecule has 1 aliphatic heterocycles. The summed E-state index contributed by atoms with van der Waals surface area (Å²) >= 11 is 1.23. The molecule has 0 fully saturated rings. The molecular formula is C18H17N5O4S. The minimum Gasteiger partial charge on any atom is -0.508 e. The fourth-order valence-corrected chi connectivity index (χ4v) is 3.39. The summed E-state index contributed by atoms with van der Waals surface area (Å²) in [6, 6.07) is 11.7. The third-order valence-electron chi connectivity index (χ3n) is 4.00. The summed E-state index contributed by atoms with van der Waals surface area (Å²) < 4.78 is 12.5. The van der Waals surface area contributed by atoms with Crippen molar-refractivity contribution < 1.29 is 19.4 Å². The molecule has 10 heteroatoms. The third kappa shape index (κ3) is 3.86. The first-order valence-electron chi connectivity index (χ1n) is 8.55. The van der Waals surface area contributed by atoms with E-state index in [0.29, 0.717) is 41.2 Å². The molecule has 0 radical (unpaired) electrons. The Labute approximate surface area is 164 Å². The van der Waals surface area contributed by atoms with E-state index in [1.807, 2.05) is 0 Å². The van der Waals surface area contributed by atoms with Crippen LogP contribution in [0.1, 0.15) is 6.92 Å². The molecule has 4 rings (SSSR count). The number of nitrogens with zero attached hydrogens (tertiary/aromatic N) is 4. The first kappa shape index (κ1) is 18.1. The Bertz CT molecular complexity index is 992. The van der Waals surface area contributed by atoms with Gasteiger partial charge in [-0.1, -0.05) is 11.8 Å². The standard InChI is InChI=1S/C18H17N5O4S/c1-11(17(25)19-12-2-7-15-16(10-12)27-9-8-26-15)28-18-20-21-22-23(18)13-3-5-14(24)6-4-13/h2-7,10-11,24H,8-9H2,1H3,(H,19,25)/t11-/m0/s1. The highest BCUT2D eigenvalue weighted by Crippen LogP contribution is 2.33. The van der Waals surface area contributed by atoms with Crippen molar-refractivity contribution in [1.82, 2.24) is 20.2 Å². The first-order chi connectivity index (χ1) is 13.6. The van der Waals surface area contributed by atoms with E-state index < -0.39 is 5.25 Å². The van der Waals surface area contributed by atoms with Gasteiger partial charge in [0.05, 0.1) is 10.9 Å². The average molecular weight is 399 g/mol. The summed E-state index contributed by atoms with van der Waals surface area (Å²) in [5.74, 6) is 1.24. The van der Waals surface area contributed by atoms with E-state index >= 15 is 0 Å². The van der Waals surface area contributed by atoms with Gasteiger partial charge in [0.1, 0.15) is 19.0 Å². The molecule has 2 heterocycles. The molecule has 144 valence electrons. The summed E-state index contributed by atoms with van der Waals surface area (Å²) in [4.78, 5) is 12.6. The topological polar surface area (TPSA) is 111 Å². The number of benzene rings is 2. The Hall–Kier alpha value is -3.27. The molecule has 28 heavy (non-hydrogen) atoms. The molecular weight excluding hydrogens is 382 g/mol. The number of fused-ring (bicyclic) bond motifs is 1. The van der Waals surface area contributed by atoms with Crippen LogP contribution in [0.4, 0.5) is 5.69 Å². The van der Waals surface area contributed by atoms with E-state index in [1.165, 1.54) is 16.4 Å². The Kier molecular flexibility index (Phi) is 5.02. The van der Waals surface area contributed by atoms with Gasteiger partial charge < -0.3 is 19.9 Å². The second kappa shape index (κ2) is 7.77. The zero-order valence-electron chi connectivity index (χ0n) is 14.9. The van der Waals surface area contributed by atoms with Crippen LogP contribution in [-0.2, 0) is 4.79 Å². The summed E-state index contributed by atoms with van der Waals surface area (Å²) in [6.07, 6.45) is 0. The predicted molar refractivity (Wildman–Crippen MR) is 102 cm³/mol. The summed E-state index contributed by atoms with van der Waals surface area (Å²) in [6.45, 7) is 2.77. The van der Waals surface area contributed by atoms with E-state index in [-0.39, 0.29) is 11.7 Å².